The molecule has 9 heteroatoms. The summed E-state index contributed by atoms with van der Waals surface area (Å²) in [5.74, 6) is 0.499. The summed E-state index contributed by atoms with van der Waals surface area (Å²) in [5, 5.41) is 3.30. The number of pyridine rings is 2. The lowest BCUT2D eigenvalue weighted by atomic mass is 9.98. The van der Waals surface area contributed by atoms with E-state index in [0.29, 0.717) is 37.6 Å². The lowest BCUT2D eigenvalue weighted by Gasteiger charge is -2.10. The normalized spacial score (nSPS) is 15.3. The number of ketones is 1. The predicted octanol–water partition coefficient (Wildman–Crippen LogP) is 5.56. The van der Waals surface area contributed by atoms with E-state index in [4.69, 9.17) is 14.2 Å². The smallest absolute Gasteiger partial charge is 0.166 e. The summed E-state index contributed by atoms with van der Waals surface area (Å²) in [5.41, 5.74) is 3.32. The van der Waals surface area contributed by atoms with E-state index in [2.05, 4.69) is 15.3 Å². The van der Waals surface area contributed by atoms with Gasteiger partial charge in [0.15, 0.2) is 11.6 Å². The molecule has 3 aromatic heterocycles. The first-order chi connectivity index (χ1) is 18.6. The quantitative estimate of drug-likeness (QED) is 0.238. The number of thiophene rings is 1. The molecule has 5 rings (SSSR count). The minimum absolute atomic E-state index is 0.0968. The van der Waals surface area contributed by atoms with Gasteiger partial charge in [-0.3, -0.25) is 14.8 Å². The lowest BCUT2D eigenvalue weighted by Crippen LogP contribution is -2.18. The Morgan fingerprint density at radius 3 is 2.82 bits per heavy atom. The minimum atomic E-state index is -0.502. The van der Waals surface area contributed by atoms with Crippen molar-refractivity contribution in [3.8, 4) is 22.1 Å². The molecular weight excluding hydrogens is 505 g/mol. The molecule has 0 spiro atoms. The molecule has 0 unspecified atom stereocenters. The van der Waals surface area contributed by atoms with Crippen LogP contribution in [-0.4, -0.2) is 49.2 Å². The van der Waals surface area contributed by atoms with Crippen LogP contribution in [0.4, 0.5) is 4.39 Å². The van der Waals surface area contributed by atoms with Crippen LogP contribution in [0.15, 0.2) is 54.9 Å². The number of carbonyl (C=O) groups excluding carboxylic acids is 1. The number of rotatable bonds is 12. The Hall–Kier alpha value is -3.24. The highest BCUT2D eigenvalue weighted by atomic mass is 32.1. The van der Waals surface area contributed by atoms with E-state index in [0.717, 1.165) is 45.9 Å². The number of methoxy groups -OCH3 is 1. The summed E-state index contributed by atoms with van der Waals surface area (Å²) < 4.78 is 32.1. The SMILES string of the molecule is COCCNCc1ccc(-c2cc3nccc(Oc4ccc(CC(=O)C[C@@H]5CCOC5)cc4F)c3s2)nc1. The van der Waals surface area contributed by atoms with Gasteiger partial charge in [0.05, 0.1) is 27.4 Å². The molecule has 198 valence electrons. The second-order valence-electron chi connectivity index (χ2n) is 9.37. The number of halogens is 1. The van der Waals surface area contributed by atoms with Crippen LogP contribution in [0.5, 0.6) is 11.5 Å². The topological polar surface area (TPSA) is 82.6 Å². The summed E-state index contributed by atoms with van der Waals surface area (Å²) in [7, 11) is 1.68. The maximum absolute atomic E-state index is 14.9. The molecule has 0 saturated carbocycles. The van der Waals surface area contributed by atoms with Crippen LogP contribution < -0.4 is 10.1 Å². The number of hydrogen-bond acceptors (Lipinski definition) is 8. The molecule has 0 bridgehead atoms. The Morgan fingerprint density at radius 1 is 1.16 bits per heavy atom. The number of fused-ring (bicyclic) bond motifs is 1. The molecule has 1 aliphatic rings. The number of Topliss-reactive ketones (excluding diaryl/α,β-unsaturated/α-hetero) is 1. The molecule has 1 aliphatic heterocycles. The summed E-state index contributed by atoms with van der Waals surface area (Å²) in [6, 6.07) is 12.4. The van der Waals surface area contributed by atoms with Crippen LogP contribution >= 0.6 is 11.3 Å². The Kier molecular flexibility index (Phi) is 8.70. The number of nitrogens with one attached hydrogen (secondary N) is 1. The van der Waals surface area contributed by atoms with Gasteiger partial charge < -0.3 is 19.5 Å². The van der Waals surface area contributed by atoms with Crippen LogP contribution in [0.25, 0.3) is 20.8 Å². The second-order valence-corrected chi connectivity index (χ2v) is 10.4. The van der Waals surface area contributed by atoms with Gasteiger partial charge in [-0.15, -0.1) is 11.3 Å². The first-order valence-corrected chi connectivity index (χ1v) is 13.5. The molecule has 1 atom stereocenters. The third-order valence-electron chi connectivity index (χ3n) is 6.42. The van der Waals surface area contributed by atoms with Crippen molar-refractivity contribution in [3.05, 3.63) is 71.8 Å². The van der Waals surface area contributed by atoms with Crippen LogP contribution in [-0.2, 0) is 27.2 Å². The lowest BCUT2D eigenvalue weighted by molar-refractivity contribution is -0.119. The van der Waals surface area contributed by atoms with Gasteiger partial charge in [-0.05, 0) is 47.7 Å². The van der Waals surface area contributed by atoms with Gasteiger partial charge >= 0.3 is 0 Å². The van der Waals surface area contributed by atoms with Crippen molar-refractivity contribution in [1.29, 1.82) is 0 Å². The molecule has 38 heavy (non-hydrogen) atoms. The van der Waals surface area contributed by atoms with Crippen LogP contribution in [0.2, 0.25) is 0 Å². The molecule has 0 radical (unpaired) electrons. The second kappa shape index (κ2) is 12.5. The maximum Gasteiger partial charge on any atom is 0.166 e. The fourth-order valence-corrected chi connectivity index (χ4v) is 5.47. The third-order valence-corrected chi connectivity index (χ3v) is 7.58. The van der Waals surface area contributed by atoms with Gasteiger partial charge in [-0.1, -0.05) is 12.1 Å². The first-order valence-electron chi connectivity index (χ1n) is 12.7. The number of nitrogens with zero attached hydrogens (tertiary/aromatic N) is 2. The van der Waals surface area contributed by atoms with Crippen molar-refractivity contribution < 1.29 is 23.4 Å². The number of aromatic nitrogens is 2. The molecule has 0 aliphatic carbocycles. The van der Waals surface area contributed by atoms with Crippen molar-refractivity contribution in [2.75, 3.05) is 33.5 Å². The maximum atomic E-state index is 14.9. The van der Waals surface area contributed by atoms with Crippen molar-refractivity contribution in [1.82, 2.24) is 15.3 Å². The molecule has 1 N–H and O–H groups in total. The number of hydrogen-bond donors (Lipinski definition) is 1. The van der Waals surface area contributed by atoms with E-state index in [-0.39, 0.29) is 23.9 Å². The van der Waals surface area contributed by atoms with Crippen molar-refractivity contribution >= 4 is 27.3 Å². The van der Waals surface area contributed by atoms with Gasteiger partial charge in [0.2, 0.25) is 0 Å². The van der Waals surface area contributed by atoms with Crippen LogP contribution in [0.3, 0.4) is 0 Å². The van der Waals surface area contributed by atoms with Gasteiger partial charge in [-0.25, -0.2) is 4.39 Å². The van der Waals surface area contributed by atoms with Crippen molar-refractivity contribution in [2.45, 2.75) is 25.8 Å². The monoisotopic (exact) mass is 535 g/mol. The van der Waals surface area contributed by atoms with E-state index in [1.54, 1.807) is 31.5 Å². The summed E-state index contributed by atoms with van der Waals surface area (Å²) in [6.45, 7) is 3.50. The Bertz CT molecular complexity index is 1390. The van der Waals surface area contributed by atoms with Gasteiger partial charge in [0, 0.05) is 64.7 Å². The predicted molar refractivity (Wildman–Crippen MR) is 145 cm³/mol. The van der Waals surface area contributed by atoms with E-state index in [1.807, 2.05) is 24.4 Å². The summed E-state index contributed by atoms with van der Waals surface area (Å²) >= 11 is 1.50. The number of benzene rings is 1. The highest BCUT2D eigenvalue weighted by Crippen LogP contribution is 2.39. The van der Waals surface area contributed by atoms with E-state index in [1.165, 1.54) is 17.4 Å². The largest absolute Gasteiger partial charge is 0.453 e. The minimum Gasteiger partial charge on any atom is -0.453 e. The molecule has 4 aromatic rings. The summed E-state index contributed by atoms with van der Waals surface area (Å²) in [4.78, 5) is 22.4. The summed E-state index contributed by atoms with van der Waals surface area (Å²) in [6.07, 6.45) is 5.09. The van der Waals surface area contributed by atoms with Crippen molar-refractivity contribution in [2.24, 2.45) is 5.92 Å². The zero-order valence-corrected chi connectivity index (χ0v) is 22.1. The van der Waals surface area contributed by atoms with Gasteiger partial charge in [-0.2, -0.15) is 0 Å². The average Bonchev–Trinajstić information content (AvgIpc) is 3.59. The molecule has 1 aromatic carbocycles. The zero-order chi connectivity index (χ0) is 26.3. The molecule has 1 saturated heterocycles. The number of carbonyl (C=O) groups is 1. The molecule has 7 nitrogen and oxygen atoms in total. The van der Waals surface area contributed by atoms with Gasteiger partial charge in [0.25, 0.3) is 0 Å². The van der Waals surface area contributed by atoms with E-state index < -0.39 is 5.82 Å². The van der Waals surface area contributed by atoms with Crippen LogP contribution in [0, 0.1) is 11.7 Å². The standard InChI is InChI=1S/C29H30FN3O4S/c1-35-11-9-31-16-21-2-4-24(33-17-21)28-15-25-29(38-28)27(6-8-32-25)37-26-5-3-19(14-23(26)30)12-22(34)13-20-7-10-36-18-20/h2-6,8,14-15,17,20,31H,7,9-13,16,18H2,1H3/t20-/m0/s1. The van der Waals surface area contributed by atoms with E-state index in [9.17, 15) is 9.18 Å². The van der Waals surface area contributed by atoms with Crippen molar-refractivity contribution in [3.63, 3.8) is 0 Å². The Balaban J connectivity index is 1.26. The Labute approximate surface area is 225 Å². The average molecular weight is 536 g/mol. The van der Waals surface area contributed by atoms with Crippen LogP contribution in [0.1, 0.15) is 24.0 Å². The highest BCUT2D eigenvalue weighted by molar-refractivity contribution is 7.22. The molecule has 0 amide bonds. The molecule has 1 fully saturated rings. The first kappa shape index (κ1) is 26.4. The molecular formula is C29H30FN3O4S. The molecule has 4 heterocycles. The highest BCUT2D eigenvalue weighted by Gasteiger charge is 2.20. The zero-order valence-electron chi connectivity index (χ0n) is 21.2. The van der Waals surface area contributed by atoms with Gasteiger partial charge in [0.1, 0.15) is 11.5 Å². The Morgan fingerprint density at radius 2 is 2.05 bits per heavy atom. The number of ether oxygens (including phenoxy) is 3. The fraction of sp³-hybridized carbons (Fsp3) is 0.345. The van der Waals surface area contributed by atoms with E-state index >= 15 is 0 Å². The third kappa shape index (κ3) is 6.60. The fourth-order valence-electron chi connectivity index (χ4n) is 4.42.